The predicted octanol–water partition coefficient (Wildman–Crippen LogP) is 1.28. The number of nitrogens with one attached hydrogen (secondary N) is 2. The van der Waals surface area contributed by atoms with Crippen LogP contribution in [0.15, 0.2) is 46.1 Å². The number of carbonyl (C=O) groups excluding carboxylic acids is 1. The Morgan fingerprint density at radius 2 is 1.95 bits per heavy atom. The lowest BCUT2D eigenvalue weighted by molar-refractivity contribution is -0.149. The third kappa shape index (κ3) is 7.07. The van der Waals surface area contributed by atoms with E-state index in [1.54, 1.807) is 54.6 Å². The van der Waals surface area contributed by atoms with Gasteiger partial charge >= 0.3 is 19.4 Å². The predicted molar refractivity (Wildman–Crippen MR) is 139 cm³/mol. The first-order valence-corrected chi connectivity index (χ1v) is 13.9. The van der Waals surface area contributed by atoms with E-state index in [1.807, 2.05) is 0 Å². The molecular formula is C22H29IN3O10P. The molecule has 1 aliphatic heterocycles. The first kappa shape index (κ1) is 29.5. The van der Waals surface area contributed by atoms with Gasteiger partial charge in [-0.15, -0.1) is 0 Å². The Bertz CT molecular complexity index is 1270. The number of hydrogen-bond donors (Lipinski definition) is 4. The van der Waals surface area contributed by atoms with Gasteiger partial charge in [-0.2, -0.15) is 5.09 Å². The topological polar surface area (TPSA) is 178 Å². The number of ether oxygens (including phenoxy) is 2. The molecule has 2 heterocycles. The molecule has 1 fully saturated rings. The number of carbonyl (C=O) groups is 1. The summed E-state index contributed by atoms with van der Waals surface area (Å²) in [6.45, 7) is 5.43. The number of halogens is 1. The molecule has 0 spiro atoms. The number of nitrogens with zero attached hydrogens (tertiary/aromatic N) is 1. The van der Waals surface area contributed by atoms with Crippen LogP contribution in [0.1, 0.15) is 33.9 Å². The lowest BCUT2D eigenvalue weighted by atomic mass is 9.96. The van der Waals surface area contributed by atoms with E-state index in [4.69, 9.17) is 18.5 Å². The van der Waals surface area contributed by atoms with Gasteiger partial charge in [-0.1, -0.05) is 18.2 Å². The molecule has 0 radical (unpaired) electrons. The van der Waals surface area contributed by atoms with Crippen LogP contribution in [0.2, 0.25) is 0 Å². The van der Waals surface area contributed by atoms with Gasteiger partial charge in [-0.25, -0.2) is 9.36 Å². The van der Waals surface area contributed by atoms with Crippen molar-refractivity contribution in [2.45, 2.75) is 63.9 Å². The van der Waals surface area contributed by atoms with Gasteiger partial charge in [-0.05, 0) is 62.4 Å². The van der Waals surface area contributed by atoms with Crippen LogP contribution >= 0.6 is 30.3 Å². The third-order valence-corrected chi connectivity index (χ3v) is 7.78. The molecule has 2 aromatic rings. The summed E-state index contributed by atoms with van der Waals surface area (Å²) in [6, 6.07) is 6.97. The van der Waals surface area contributed by atoms with Crippen molar-refractivity contribution in [2.75, 3.05) is 6.61 Å². The quantitative estimate of drug-likeness (QED) is 0.165. The average Bonchev–Trinajstić information content (AvgIpc) is 3.03. The second kappa shape index (κ2) is 11.8. The van der Waals surface area contributed by atoms with Crippen molar-refractivity contribution in [2.24, 2.45) is 0 Å². The van der Waals surface area contributed by atoms with Gasteiger partial charge in [-0.3, -0.25) is 23.7 Å². The molecule has 0 saturated carbocycles. The number of esters is 1. The minimum Gasteiger partial charge on any atom is -0.462 e. The van der Waals surface area contributed by atoms with E-state index in [0.717, 1.165) is 4.57 Å². The van der Waals surface area contributed by atoms with E-state index < -0.39 is 67.8 Å². The van der Waals surface area contributed by atoms with Gasteiger partial charge in [0.2, 0.25) is 0 Å². The van der Waals surface area contributed by atoms with E-state index >= 15 is 0 Å². The fourth-order valence-corrected chi connectivity index (χ4v) is 5.46. The third-order valence-electron chi connectivity index (χ3n) is 5.37. The molecule has 0 aliphatic carbocycles. The maximum Gasteiger partial charge on any atom is 0.459 e. The molecule has 204 valence electrons. The molecule has 15 heteroatoms. The van der Waals surface area contributed by atoms with Gasteiger partial charge in [0.1, 0.15) is 29.6 Å². The SMILES string of the molecule is CC(C)OC(=O)[C@@H](C)N[P@@](=O)(OC[C@H]1OC(n2cc(I)c(=O)[nH]c2=O)[C@](C)(O)[C@@H]1O)Oc1ccccc1. The zero-order chi connectivity index (χ0) is 27.5. The van der Waals surface area contributed by atoms with Crippen molar-refractivity contribution in [3.8, 4) is 5.75 Å². The smallest absolute Gasteiger partial charge is 0.459 e. The highest BCUT2D eigenvalue weighted by molar-refractivity contribution is 14.1. The van der Waals surface area contributed by atoms with Gasteiger partial charge in [0.25, 0.3) is 5.56 Å². The molecular weight excluding hydrogens is 624 g/mol. The summed E-state index contributed by atoms with van der Waals surface area (Å²) in [5.41, 5.74) is -3.47. The zero-order valence-electron chi connectivity index (χ0n) is 20.5. The first-order valence-electron chi connectivity index (χ1n) is 11.3. The van der Waals surface area contributed by atoms with E-state index in [2.05, 4.69) is 10.1 Å². The largest absolute Gasteiger partial charge is 0.462 e. The summed E-state index contributed by atoms with van der Waals surface area (Å²) in [6.07, 6.45) is -3.50. The summed E-state index contributed by atoms with van der Waals surface area (Å²) >= 11 is 1.71. The van der Waals surface area contributed by atoms with E-state index in [-0.39, 0.29) is 9.32 Å². The minimum absolute atomic E-state index is 0.151. The lowest BCUT2D eigenvalue weighted by Crippen LogP contribution is -2.47. The Kier molecular flexibility index (Phi) is 9.37. The number of H-pyrrole nitrogens is 1. The molecule has 1 aromatic heterocycles. The summed E-state index contributed by atoms with van der Waals surface area (Å²) in [4.78, 5) is 38.5. The Morgan fingerprint density at radius 1 is 1.30 bits per heavy atom. The van der Waals surface area contributed by atoms with E-state index in [9.17, 15) is 29.2 Å². The van der Waals surface area contributed by atoms with E-state index in [1.165, 1.54) is 32.2 Å². The number of benzene rings is 1. The Balaban J connectivity index is 1.82. The Morgan fingerprint density at radius 3 is 2.57 bits per heavy atom. The number of aromatic amines is 1. The highest BCUT2D eigenvalue weighted by Crippen LogP contribution is 2.46. The van der Waals surface area contributed by atoms with Gasteiger partial charge in [0, 0.05) is 6.20 Å². The van der Waals surface area contributed by atoms with Crippen LogP contribution in [0.3, 0.4) is 0 Å². The van der Waals surface area contributed by atoms with Gasteiger partial charge in [0.15, 0.2) is 6.23 Å². The van der Waals surface area contributed by atoms with Crippen LogP contribution < -0.4 is 20.9 Å². The molecule has 13 nitrogen and oxygen atoms in total. The number of hydrogen-bond acceptors (Lipinski definition) is 10. The average molecular weight is 653 g/mol. The van der Waals surface area contributed by atoms with Crippen molar-refractivity contribution in [1.29, 1.82) is 0 Å². The highest BCUT2D eigenvalue weighted by Gasteiger charge is 2.54. The minimum atomic E-state index is -4.27. The molecule has 4 N–H and O–H groups in total. The number of aliphatic hydroxyl groups excluding tert-OH is 1. The molecule has 1 unspecified atom stereocenters. The van der Waals surface area contributed by atoms with Crippen LogP contribution in [0.4, 0.5) is 0 Å². The fourth-order valence-electron chi connectivity index (χ4n) is 3.52. The van der Waals surface area contributed by atoms with Crippen LogP contribution in [0, 0.1) is 3.57 Å². The van der Waals surface area contributed by atoms with E-state index in [0.29, 0.717) is 0 Å². The molecule has 0 bridgehead atoms. The number of aliphatic hydroxyl groups is 2. The van der Waals surface area contributed by atoms with Crippen molar-refractivity contribution < 1.29 is 38.1 Å². The normalized spacial score (nSPS) is 26.0. The maximum atomic E-state index is 13.6. The monoisotopic (exact) mass is 653 g/mol. The van der Waals surface area contributed by atoms with Crippen molar-refractivity contribution in [3.05, 3.63) is 60.9 Å². The van der Waals surface area contributed by atoms with Crippen LogP contribution in [-0.4, -0.2) is 62.3 Å². The van der Waals surface area contributed by atoms with Crippen molar-refractivity contribution in [3.63, 3.8) is 0 Å². The second-order valence-corrected chi connectivity index (χ2v) is 11.7. The number of aromatic nitrogens is 2. The molecule has 1 aliphatic rings. The molecule has 1 aromatic carbocycles. The summed E-state index contributed by atoms with van der Waals surface area (Å²) in [5, 5.41) is 24.2. The van der Waals surface area contributed by atoms with Crippen LogP contribution in [0.5, 0.6) is 5.75 Å². The highest BCUT2D eigenvalue weighted by atomic mass is 127. The number of para-hydroxylation sites is 1. The standard InChI is InChI=1S/C22H29IN3O10P/c1-12(2)34-19(29)13(3)25-37(32,36-14-8-6-5-7-9-14)33-11-16-17(27)22(4,31)20(35-16)26-10-15(23)18(28)24-21(26)30/h5-10,12-13,16-17,20,27,31H,11H2,1-4H3,(H,25,32)(H,24,28,30)/t13-,16-,17-,20?,22-,37-/m1/s1. The van der Waals surface area contributed by atoms with Gasteiger partial charge < -0.3 is 24.2 Å². The summed E-state index contributed by atoms with van der Waals surface area (Å²) < 4.78 is 36.7. The summed E-state index contributed by atoms with van der Waals surface area (Å²) in [7, 11) is -4.27. The fraction of sp³-hybridized carbons (Fsp3) is 0.500. The summed E-state index contributed by atoms with van der Waals surface area (Å²) in [5.74, 6) is -0.516. The van der Waals surface area contributed by atoms with Crippen LogP contribution in [0.25, 0.3) is 0 Å². The second-order valence-electron chi connectivity index (χ2n) is 8.88. The van der Waals surface area contributed by atoms with Crippen molar-refractivity contribution >= 4 is 36.3 Å². The number of rotatable bonds is 10. The molecule has 1 saturated heterocycles. The lowest BCUT2D eigenvalue weighted by Gasteiger charge is -2.27. The van der Waals surface area contributed by atoms with Crippen molar-refractivity contribution in [1.82, 2.24) is 14.6 Å². The maximum absolute atomic E-state index is 13.6. The first-order chi connectivity index (χ1) is 17.2. The van der Waals surface area contributed by atoms with Crippen LogP contribution in [-0.2, 0) is 23.4 Å². The molecule has 0 amide bonds. The molecule has 3 rings (SSSR count). The Labute approximate surface area is 225 Å². The Hall–Kier alpha value is -2.07. The van der Waals surface area contributed by atoms with Gasteiger partial charge in [0.05, 0.1) is 16.3 Å². The molecule has 6 atom stereocenters. The molecule has 37 heavy (non-hydrogen) atoms. The zero-order valence-corrected chi connectivity index (χ0v) is 23.5.